The van der Waals surface area contributed by atoms with Crippen LogP contribution in [0.1, 0.15) is 51.4 Å². The first-order chi connectivity index (χ1) is 22.4. The van der Waals surface area contributed by atoms with E-state index in [4.69, 9.17) is 49.0 Å². The summed E-state index contributed by atoms with van der Waals surface area (Å²) in [6.45, 7) is 22.9. The standard InChI is InChI=1S/C35H42Cl2N6O4/c1-34(2,3)47-33(44)43-21-27(22-43)41-14-16-42(17-15-41)32-39-13-11-26(40-32)23-46-28-9-7-24(8-10-28)35(4,5)25-19-29(37)31(45-18-12-36)30(20-25)38-6/h7-11,13,19-20,27H,12,14-18,21-23H2,1-5H3. The largest absolute Gasteiger partial charge is 0.502 e. The van der Waals surface area contributed by atoms with Crippen molar-refractivity contribution in [3.63, 3.8) is 0 Å². The van der Waals surface area contributed by atoms with Crippen molar-refractivity contribution < 1.29 is 19.0 Å². The Morgan fingerprint density at radius 2 is 1.70 bits per heavy atom. The number of halogens is 2. The Labute approximate surface area is 287 Å². The summed E-state index contributed by atoms with van der Waals surface area (Å²) in [7, 11) is 0. The van der Waals surface area contributed by atoms with E-state index in [2.05, 4.69) is 33.5 Å². The molecule has 5 rings (SSSR count). The molecule has 3 aromatic rings. The Morgan fingerprint density at radius 3 is 2.34 bits per heavy atom. The minimum absolute atomic E-state index is 0.239. The molecule has 0 radical (unpaired) electrons. The number of aromatic nitrogens is 2. The van der Waals surface area contributed by atoms with Crippen molar-refractivity contribution in [2.24, 2.45) is 0 Å². The normalized spacial score (nSPS) is 16.0. The zero-order valence-electron chi connectivity index (χ0n) is 27.6. The molecule has 2 aliphatic rings. The molecule has 2 fully saturated rings. The minimum Gasteiger partial charge on any atom is -0.502 e. The van der Waals surface area contributed by atoms with Crippen LogP contribution in [-0.2, 0) is 16.8 Å². The Balaban J connectivity index is 1.13. The van der Waals surface area contributed by atoms with Gasteiger partial charge in [0.05, 0.1) is 29.8 Å². The first-order valence-corrected chi connectivity index (χ1v) is 16.7. The van der Waals surface area contributed by atoms with E-state index in [1.165, 1.54) is 0 Å². The zero-order valence-corrected chi connectivity index (χ0v) is 29.1. The first-order valence-electron chi connectivity index (χ1n) is 15.8. The second kappa shape index (κ2) is 14.5. The predicted octanol–water partition coefficient (Wildman–Crippen LogP) is 6.94. The molecule has 0 N–H and O–H groups in total. The first kappa shape index (κ1) is 34.6. The highest BCUT2D eigenvalue weighted by Crippen LogP contribution is 2.42. The van der Waals surface area contributed by atoms with Crippen LogP contribution in [0.3, 0.4) is 0 Å². The maximum atomic E-state index is 12.3. The Hall–Kier alpha value is -3.78. The van der Waals surface area contributed by atoms with Gasteiger partial charge in [-0.3, -0.25) is 4.90 Å². The van der Waals surface area contributed by atoms with Crippen LogP contribution in [-0.4, -0.2) is 89.3 Å². The molecule has 2 aliphatic heterocycles. The van der Waals surface area contributed by atoms with E-state index in [0.29, 0.717) is 54.0 Å². The van der Waals surface area contributed by atoms with Crippen LogP contribution in [0.5, 0.6) is 11.5 Å². The van der Waals surface area contributed by atoms with Crippen LogP contribution in [0.15, 0.2) is 48.7 Å². The van der Waals surface area contributed by atoms with Gasteiger partial charge in [0.1, 0.15) is 23.7 Å². The van der Waals surface area contributed by atoms with Crippen LogP contribution in [0.2, 0.25) is 5.02 Å². The maximum absolute atomic E-state index is 12.3. The lowest BCUT2D eigenvalue weighted by atomic mass is 9.78. The topological polar surface area (TPSA) is 84.6 Å². The highest BCUT2D eigenvalue weighted by Gasteiger charge is 2.38. The molecular formula is C35H42Cl2N6O4. The quantitative estimate of drug-likeness (QED) is 0.168. The van der Waals surface area contributed by atoms with Crippen LogP contribution in [0.25, 0.3) is 4.85 Å². The summed E-state index contributed by atoms with van der Waals surface area (Å²) < 4.78 is 17.2. The van der Waals surface area contributed by atoms with Gasteiger partial charge in [-0.1, -0.05) is 37.6 Å². The van der Waals surface area contributed by atoms with Crippen LogP contribution >= 0.6 is 23.2 Å². The van der Waals surface area contributed by atoms with Gasteiger partial charge >= 0.3 is 6.09 Å². The highest BCUT2D eigenvalue weighted by atomic mass is 35.5. The Morgan fingerprint density at radius 1 is 1.00 bits per heavy atom. The summed E-state index contributed by atoms with van der Waals surface area (Å²) >= 11 is 12.3. The molecule has 47 heavy (non-hydrogen) atoms. The fourth-order valence-corrected chi connectivity index (χ4v) is 6.01. The number of hydrogen-bond acceptors (Lipinski definition) is 8. The minimum atomic E-state index is -0.481. The molecule has 0 bridgehead atoms. The molecule has 3 heterocycles. The third kappa shape index (κ3) is 8.39. The third-order valence-corrected chi connectivity index (χ3v) is 8.92. The van der Waals surface area contributed by atoms with Crippen LogP contribution < -0.4 is 14.4 Å². The summed E-state index contributed by atoms with van der Waals surface area (Å²) in [5.74, 6) is 2.10. The van der Waals surface area contributed by atoms with E-state index in [9.17, 15) is 4.79 Å². The number of likely N-dealkylation sites (tertiary alicyclic amines) is 1. The number of ether oxygens (including phenoxy) is 3. The van der Waals surface area contributed by atoms with E-state index in [1.54, 1.807) is 11.1 Å². The van der Waals surface area contributed by atoms with Crippen LogP contribution in [0, 0.1) is 6.57 Å². The van der Waals surface area contributed by atoms with Crippen molar-refractivity contribution in [1.82, 2.24) is 19.8 Å². The average molecular weight is 682 g/mol. The second-order valence-corrected chi connectivity index (χ2v) is 14.1. The van der Waals surface area contributed by atoms with E-state index < -0.39 is 11.0 Å². The van der Waals surface area contributed by atoms with Crippen molar-refractivity contribution >= 4 is 40.9 Å². The fourth-order valence-electron chi connectivity index (χ4n) is 5.66. The van der Waals surface area contributed by atoms with E-state index in [0.717, 1.165) is 48.7 Å². The molecule has 1 amide bonds. The van der Waals surface area contributed by atoms with Crippen LogP contribution in [0.4, 0.5) is 16.4 Å². The summed E-state index contributed by atoms with van der Waals surface area (Å²) in [6, 6.07) is 13.8. The molecule has 0 atom stereocenters. The van der Waals surface area contributed by atoms with E-state index in [1.807, 2.05) is 63.2 Å². The van der Waals surface area contributed by atoms with Gasteiger partial charge in [-0.15, -0.1) is 11.6 Å². The molecule has 2 aromatic carbocycles. The number of carbonyl (C=O) groups excluding carboxylic acids is 1. The molecule has 1 aromatic heterocycles. The average Bonchev–Trinajstić information content (AvgIpc) is 3.02. The lowest BCUT2D eigenvalue weighted by Crippen LogP contribution is -2.64. The SMILES string of the molecule is [C-]#[N+]c1cc(C(C)(C)c2ccc(OCc3ccnc(N4CCN(C5CN(C(=O)OC(C)(C)C)C5)CC4)n3)cc2)cc(Cl)c1OCCCl. The molecule has 12 heteroatoms. The van der Waals surface area contributed by atoms with Gasteiger partial charge in [0, 0.05) is 56.9 Å². The van der Waals surface area contributed by atoms with Gasteiger partial charge in [0.25, 0.3) is 0 Å². The molecular weight excluding hydrogens is 639 g/mol. The zero-order chi connectivity index (χ0) is 33.8. The lowest BCUT2D eigenvalue weighted by Gasteiger charge is -2.47. The van der Waals surface area contributed by atoms with Gasteiger partial charge < -0.3 is 24.0 Å². The Kier molecular flexibility index (Phi) is 10.7. The highest BCUT2D eigenvalue weighted by molar-refractivity contribution is 6.32. The van der Waals surface area contributed by atoms with Gasteiger partial charge in [0.2, 0.25) is 11.6 Å². The molecule has 0 aliphatic carbocycles. The van der Waals surface area contributed by atoms with Crippen molar-refractivity contribution in [2.45, 2.75) is 58.3 Å². The molecule has 250 valence electrons. The number of alkyl halides is 1. The summed E-state index contributed by atoms with van der Waals surface area (Å²) in [5.41, 5.74) is 2.22. The smallest absolute Gasteiger partial charge is 0.410 e. The molecule has 10 nitrogen and oxygen atoms in total. The van der Waals surface area contributed by atoms with Crippen molar-refractivity contribution in [3.8, 4) is 11.5 Å². The number of carbonyl (C=O) groups is 1. The summed E-state index contributed by atoms with van der Waals surface area (Å²) in [6.07, 6.45) is 1.54. The summed E-state index contributed by atoms with van der Waals surface area (Å²) in [5, 5.41) is 0.391. The number of piperazine rings is 1. The van der Waals surface area contributed by atoms with Gasteiger partial charge in [-0.25, -0.2) is 19.6 Å². The van der Waals surface area contributed by atoms with Gasteiger partial charge in [-0.05, 0) is 62.2 Å². The number of hydrogen-bond donors (Lipinski definition) is 0. The lowest BCUT2D eigenvalue weighted by molar-refractivity contribution is -0.0162. The van der Waals surface area contributed by atoms with E-state index in [-0.39, 0.29) is 12.7 Å². The van der Waals surface area contributed by atoms with E-state index >= 15 is 0 Å². The number of rotatable bonds is 10. The number of anilines is 1. The third-order valence-electron chi connectivity index (χ3n) is 8.48. The molecule has 0 saturated carbocycles. The summed E-state index contributed by atoms with van der Waals surface area (Å²) in [4.78, 5) is 31.6. The van der Waals surface area contributed by atoms with Crippen molar-refractivity contribution in [2.75, 3.05) is 56.7 Å². The predicted molar refractivity (Wildman–Crippen MR) is 184 cm³/mol. The Bertz CT molecular complexity index is 1590. The van der Waals surface area contributed by atoms with Crippen molar-refractivity contribution in [3.05, 3.63) is 81.9 Å². The second-order valence-electron chi connectivity index (χ2n) is 13.3. The van der Waals surface area contributed by atoms with Gasteiger partial charge in [0.15, 0.2) is 0 Å². The maximum Gasteiger partial charge on any atom is 0.410 e. The molecule has 2 saturated heterocycles. The monoisotopic (exact) mass is 680 g/mol. The molecule has 0 unspecified atom stereocenters. The fraction of sp³-hybridized carbons (Fsp3) is 0.486. The van der Waals surface area contributed by atoms with Gasteiger partial charge in [-0.2, -0.15) is 0 Å². The molecule has 0 spiro atoms. The number of nitrogens with zero attached hydrogens (tertiary/aromatic N) is 6. The van der Waals surface area contributed by atoms with Crippen molar-refractivity contribution in [1.29, 1.82) is 0 Å². The number of amides is 1. The number of benzene rings is 2.